The number of nitrogens with one attached hydrogen (secondary N) is 1. The maximum Gasteiger partial charge on any atom is 0.252 e. The lowest BCUT2D eigenvalue weighted by atomic mass is 9.65. The van der Waals surface area contributed by atoms with Crippen LogP contribution in [0.3, 0.4) is 0 Å². The van der Waals surface area contributed by atoms with Crippen LogP contribution in [0.15, 0.2) is 24.5 Å². The van der Waals surface area contributed by atoms with E-state index in [-0.39, 0.29) is 22.7 Å². The van der Waals surface area contributed by atoms with Crippen LogP contribution in [0.2, 0.25) is 0 Å². The van der Waals surface area contributed by atoms with Gasteiger partial charge in [0, 0.05) is 18.7 Å². The molecule has 2 atom stereocenters. The number of Topliss-reactive ketones (excluding diaryl/α,β-unsaturated/α-hetero) is 1. The van der Waals surface area contributed by atoms with Crippen LogP contribution in [0, 0.1) is 10.8 Å². The van der Waals surface area contributed by atoms with Crippen LogP contribution in [0.4, 0.5) is 5.69 Å². The minimum Gasteiger partial charge on any atom is -0.379 e. The summed E-state index contributed by atoms with van der Waals surface area (Å²) in [5.74, 6) is -0.284. The summed E-state index contributed by atoms with van der Waals surface area (Å²) < 4.78 is 1.73. The predicted octanol–water partition coefficient (Wildman–Crippen LogP) is 3.02. The molecule has 6 heteroatoms. The lowest BCUT2D eigenvalue weighted by Gasteiger charge is -2.42. The Morgan fingerprint density at radius 3 is 2.76 bits per heavy atom. The lowest BCUT2D eigenvalue weighted by molar-refractivity contribution is -0.120. The van der Waals surface area contributed by atoms with E-state index in [4.69, 9.17) is 5.73 Å². The van der Waals surface area contributed by atoms with Crippen molar-refractivity contribution in [2.45, 2.75) is 53.0 Å². The first-order valence-electron chi connectivity index (χ1n) is 8.68. The average Bonchev–Trinajstić information content (AvgIpc) is 3.05. The molecule has 2 aromatic rings. The van der Waals surface area contributed by atoms with Crippen molar-refractivity contribution in [2.24, 2.45) is 16.6 Å². The van der Waals surface area contributed by atoms with Crippen molar-refractivity contribution in [3.63, 3.8) is 0 Å². The summed E-state index contributed by atoms with van der Waals surface area (Å²) in [4.78, 5) is 23.6. The number of primary amides is 1. The van der Waals surface area contributed by atoms with Gasteiger partial charge in [-0.05, 0) is 42.7 Å². The number of nitrogens with two attached hydrogens (primary N) is 1. The van der Waals surface area contributed by atoms with Crippen molar-refractivity contribution in [2.75, 3.05) is 5.32 Å². The highest BCUT2D eigenvalue weighted by Gasteiger charge is 2.52. The molecule has 0 aromatic carbocycles. The quantitative estimate of drug-likeness (QED) is 0.874. The van der Waals surface area contributed by atoms with Crippen LogP contribution < -0.4 is 11.1 Å². The van der Waals surface area contributed by atoms with Gasteiger partial charge >= 0.3 is 0 Å². The molecular formula is C19H26N4O2. The summed E-state index contributed by atoms with van der Waals surface area (Å²) >= 11 is 0. The molecule has 1 amide bonds. The fourth-order valence-corrected chi connectivity index (χ4v) is 4.19. The second-order valence-corrected chi connectivity index (χ2v) is 8.03. The van der Waals surface area contributed by atoms with Crippen LogP contribution in [0.25, 0.3) is 5.52 Å². The van der Waals surface area contributed by atoms with Crippen molar-refractivity contribution in [1.29, 1.82) is 0 Å². The molecule has 0 aliphatic heterocycles. The number of hydrogen-bond donors (Lipinski definition) is 2. The summed E-state index contributed by atoms with van der Waals surface area (Å²) in [6.45, 7) is 8.23. The number of carbonyl (C=O) groups is 2. The number of aromatic nitrogens is 2. The van der Waals surface area contributed by atoms with Gasteiger partial charge in [0.1, 0.15) is 5.78 Å². The first-order valence-corrected chi connectivity index (χ1v) is 8.68. The SMILES string of the molecule is CC(=O)C[C@@]1(C)CC[C@@H](Nc2c(C(N)=O)cnn3cccc23)C1(C)C. The van der Waals surface area contributed by atoms with Gasteiger partial charge in [0.15, 0.2) is 0 Å². The molecule has 1 fully saturated rings. The molecule has 0 saturated heterocycles. The fraction of sp³-hybridized carbons (Fsp3) is 0.526. The van der Waals surface area contributed by atoms with Crippen molar-refractivity contribution in [3.8, 4) is 0 Å². The number of hydrogen-bond acceptors (Lipinski definition) is 4. The smallest absolute Gasteiger partial charge is 0.252 e. The zero-order chi connectivity index (χ0) is 18.4. The standard InChI is InChI=1S/C19H26N4O2/c1-12(24)10-19(4)8-7-15(18(19,2)3)22-16-13(17(20)25)11-21-23-9-5-6-14(16)23/h5-6,9,11,15,22H,7-8,10H2,1-4H3,(H2,20,25)/t15-,19-/m1/s1. The molecule has 134 valence electrons. The molecule has 1 aliphatic rings. The molecule has 1 saturated carbocycles. The van der Waals surface area contributed by atoms with E-state index < -0.39 is 5.91 Å². The Bertz CT molecular complexity index is 839. The molecule has 0 spiro atoms. The van der Waals surface area contributed by atoms with E-state index in [9.17, 15) is 9.59 Å². The van der Waals surface area contributed by atoms with Crippen LogP contribution in [-0.2, 0) is 4.79 Å². The summed E-state index contributed by atoms with van der Waals surface area (Å²) in [5.41, 5.74) is 7.31. The van der Waals surface area contributed by atoms with Gasteiger partial charge < -0.3 is 15.8 Å². The van der Waals surface area contributed by atoms with E-state index in [1.807, 2.05) is 18.3 Å². The minimum atomic E-state index is -0.499. The van der Waals surface area contributed by atoms with Gasteiger partial charge in [-0.2, -0.15) is 5.10 Å². The van der Waals surface area contributed by atoms with Gasteiger partial charge in [0.2, 0.25) is 0 Å². The first kappa shape index (κ1) is 17.5. The second kappa shape index (κ2) is 5.86. The van der Waals surface area contributed by atoms with Crippen molar-refractivity contribution >= 4 is 22.9 Å². The van der Waals surface area contributed by atoms with Crippen molar-refractivity contribution in [1.82, 2.24) is 9.61 Å². The third-order valence-corrected chi connectivity index (χ3v) is 6.20. The summed E-state index contributed by atoms with van der Waals surface area (Å²) in [6, 6.07) is 3.94. The Balaban J connectivity index is 1.99. The molecule has 3 N–H and O–H groups in total. The molecule has 1 aliphatic carbocycles. The number of ketones is 1. The highest BCUT2D eigenvalue weighted by atomic mass is 16.1. The number of nitrogens with zero attached hydrogens (tertiary/aromatic N) is 2. The summed E-state index contributed by atoms with van der Waals surface area (Å²) in [6.07, 6.45) is 5.81. The monoisotopic (exact) mass is 342 g/mol. The summed E-state index contributed by atoms with van der Waals surface area (Å²) in [7, 11) is 0. The fourth-order valence-electron chi connectivity index (χ4n) is 4.19. The van der Waals surface area contributed by atoms with Crippen molar-refractivity contribution in [3.05, 3.63) is 30.1 Å². The Morgan fingerprint density at radius 2 is 2.12 bits per heavy atom. The minimum absolute atomic E-state index is 0.0747. The maximum atomic E-state index is 11.9. The normalized spacial score (nSPS) is 25.2. The van der Waals surface area contributed by atoms with E-state index >= 15 is 0 Å². The average molecular weight is 342 g/mol. The molecule has 6 nitrogen and oxygen atoms in total. The zero-order valence-electron chi connectivity index (χ0n) is 15.3. The molecule has 0 unspecified atom stereocenters. The Kier molecular flexibility index (Phi) is 4.09. The molecule has 0 radical (unpaired) electrons. The zero-order valence-corrected chi connectivity index (χ0v) is 15.3. The Morgan fingerprint density at radius 1 is 1.40 bits per heavy atom. The number of carbonyl (C=O) groups excluding carboxylic acids is 2. The van der Waals surface area contributed by atoms with Crippen LogP contribution >= 0.6 is 0 Å². The number of anilines is 1. The molecule has 25 heavy (non-hydrogen) atoms. The highest BCUT2D eigenvalue weighted by molar-refractivity contribution is 6.01. The summed E-state index contributed by atoms with van der Waals surface area (Å²) in [5, 5.41) is 7.80. The van der Waals surface area contributed by atoms with Crippen LogP contribution in [0.1, 0.15) is 57.3 Å². The van der Waals surface area contributed by atoms with Crippen molar-refractivity contribution < 1.29 is 9.59 Å². The lowest BCUT2D eigenvalue weighted by Crippen LogP contribution is -2.42. The van der Waals surface area contributed by atoms with E-state index in [2.05, 4.69) is 31.2 Å². The third-order valence-electron chi connectivity index (χ3n) is 6.20. The maximum absolute atomic E-state index is 11.9. The van der Waals surface area contributed by atoms with E-state index in [0.717, 1.165) is 24.0 Å². The molecular weight excluding hydrogens is 316 g/mol. The molecule has 2 aromatic heterocycles. The Hall–Kier alpha value is -2.37. The van der Waals surface area contributed by atoms with Gasteiger partial charge in [-0.15, -0.1) is 0 Å². The first-order chi connectivity index (χ1) is 11.7. The van der Waals surface area contributed by atoms with E-state index in [1.54, 1.807) is 11.4 Å². The number of amides is 1. The van der Waals surface area contributed by atoms with Crippen LogP contribution in [-0.4, -0.2) is 27.3 Å². The van der Waals surface area contributed by atoms with Crippen LogP contribution in [0.5, 0.6) is 0 Å². The number of fused-ring (bicyclic) bond motifs is 1. The second-order valence-electron chi connectivity index (χ2n) is 8.03. The Labute approximate surface area is 147 Å². The highest BCUT2D eigenvalue weighted by Crippen LogP contribution is 2.55. The predicted molar refractivity (Wildman–Crippen MR) is 97.5 cm³/mol. The van der Waals surface area contributed by atoms with E-state index in [1.165, 1.54) is 6.20 Å². The van der Waals surface area contributed by atoms with E-state index in [0.29, 0.717) is 12.0 Å². The molecule has 2 heterocycles. The topological polar surface area (TPSA) is 89.5 Å². The van der Waals surface area contributed by atoms with Gasteiger partial charge in [0.05, 0.1) is 23.0 Å². The third kappa shape index (κ3) is 2.79. The molecule has 0 bridgehead atoms. The van der Waals surface area contributed by atoms with Gasteiger partial charge in [-0.3, -0.25) is 4.79 Å². The van der Waals surface area contributed by atoms with Gasteiger partial charge in [0.25, 0.3) is 5.91 Å². The largest absolute Gasteiger partial charge is 0.379 e. The molecule has 3 rings (SSSR count). The number of rotatable bonds is 5. The van der Waals surface area contributed by atoms with Gasteiger partial charge in [-0.25, -0.2) is 4.52 Å². The van der Waals surface area contributed by atoms with Gasteiger partial charge in [-0.1, -0.05) is 20.8 Å².